The van der Waals surface area contributed by atoms with Gasteiger partial charge >= 0.3 is 6.01 Å². The maximum Gasteiger partial charge on any atom is 0.321 e. The van der Waals surface area contributed by atoms with Crippen LogP contribution in [0.1, 0.15) is 14.3 Å². The van der Waals surface area contributed by atoms with Gasteiger partial charge in [-0.2, -0.15) is 9.97 Å². The lowest BCUT2D eigenvalue weighted by atomic mass is 10.3. The molecule has 0 aliphatic heterocycles. The second-order valence-electron chi connectivity index (χ2n) is 6.17. The molecule has 0 amide bonds. The van der Waals surface area contributed by atoms with Crippen LogP contribution >= 0.6 is 0 Å². The Balaban J connectivity index is 0.00000272. The van der Waals surface area contributed by atoms with E-state index in [9.17, 15) is 16.8 Å². The Labute approximate surface area is 181 Å². The highest BCUT2D eigenvalue weighted by Crippen LogP contribution is 2.24. The van der Waals surface area contributed by atoms with Crippen LogP contribution in [0, 0.1) is 13.8 Å². The lowest BCUT2D eigenvalue weighted by Crippen LogP contribution is -2.16. The van der Waals surface area contributed by atoms with Gasteiger partial charge in [0, 0.05) is 14.6 Å². The van der Waals surface area contributed by atoms with Gasteiger partial charge in [-0.15, -0.1) is 0 Å². The molecule has 14 heteroatoms. The highest BCUT2D eigenvalue weighted by atomic mass is 32.2. The van der Waals surface area contributed by atoms with Crippen LogP contribution in [-0.4, -0.2) is 46.2 Å². The molecule has 31 heavy (non-hydrogen) atoms. The number of sulfonamides is 2. The molecule has 3 aromatic rings. The molecule has 170 valence electrons. The molecule has 0 bridgehead atoms. The predicted octanol–water partition coefficient (Wildman–Crippen LogP) is 2.19. The Morgan fingerprint density at radius 3 is 2.16 bits per heavy atom. The van der Waals surface area contributed by atoms with Crippen LogP contribution in [0.15, 0.2) is 44.6 Å². The van der Waals surface area contributed by atoms with Gasteiger partial charge in [-0.1, -0.05) is 5.16 Å². The normalized spacial score (nSPS) is 11.7. The van der Waals surface area contributed by atoms with Crippen LogP contribution in [0.25, 0.3) is 0 Å². The Morgan fingerprint density at radius 1 is 0.935 bits per heavy atom. The molecule has 0 unspecified atom stereocenters. The molecule has 0 saturated carbocycles. The van der Waals surface area contributed by atoms with E-state index in [1.807, 2.05) is 0 Å². The summed E-state index contributed by atoms with van der Waals surface area (Å²) in [6, 6.07) is 6.30. The number of hydrogen-bond acceptors (Lipinski definition) is 10. The molecule has 12 nitrogen and oxygen atoms in total. The monoisotopic (exact) mass is 473 g/mol. The molecule has 2 N–H and O–H groups in total. The van der Waals surface area contributed by atoms with E-state index in [4.69, 9.17) is 14.0 Å². The van der Waals surface area contributed by atoms with E-state index in [1.54, 1.807) is 0 Å². The molecule has 0 atom stereocenters. The van der Waals surface area contributed by atoms with Gasteiger partial charge in [0.25, 0.3) is 20.0 Å². The van der Waals surface area contributed by atoms with E-state index < -0.39 is 20.0 Å². The SMILES string of the molecule is COc1cc(NS(=O)(=O)c2ccc(NS(=O)(=O)c3c(C)noc3C)cc2)nc(OC)n1.[HH].[HH]. The fourth-order valence-electron chi connectivity index (χ4n) is 2.62. The molecule has 0 radical (unpaired) electrons. The van der Waals surface area contributed by atoms with Crippen molar-refractivity contribution in [1.29, 1.82) is 0 Å². The summed E-state index contributed by atoms with van der Waals surface area (Å²) in [4.78, 5) is 7.60. The van der Waals surface area contributed by atoms with Crippen LogP contribution in [0.4, 0.5) is 11.5 Å². The van der Waals surface area contributed by atoms with Gasteiger partial charge in [-0.25, -0.2) is 16.8 Å². The zero-order valence-corrected chi connectivity index (χ0v) is 18.5. The number of aryl methyl sites for hydroxylation is 2. The topological polar surface area (TPSA) is 163 Å². The third-order valence-electron chi connectivity index (χ3n) is 3.97. The second kappa shape index (κ2) is 8.39. The number of nitrogens with zero attached hydrogens (tertiary/aromatic N) is 3. The first-order valence-electron chi connectivity index (χ1n) is 8.61. The van der Waals surface area contributed by atoms with E-state index in [2.05, 4.69) is 24.6 Å². The van der Waals surface area contributed by atoms with Crippen molar-refractivity contribution in [3.05, 3.63) is 41.8 Å². The zero-order chi connectivity index (χ0) is 22.8. The van der Waals surface area contributed by atoms with E-state index >= 15 is 0 Å². The van der Waals surface area contributed by atoms with E-state index in [1.165, 1.54) is 58.4 Å². The number of aromatic nitrogens is 3. The second-order valence-corrected chi connectivity index (χ2v) is 9.47. The minimum atomic E-state index is -4.03. The number of anilines is 2. The van der Waals surface area contributed by atoms with Gasteiger partial charge in [0.2, 0.25) is 5.88 Å². The van der Waals surface area contributed by atoms with Gasteiger partial charge in [0.05, 0.1) is 19.1 Å². The number of hydrogen-bond donors (Lipinski definition) is 2. The fraction of sp³-hybridized carbons (Fsp3) is 0.235. The third kappa shape index (κ3) is 4.86. The molecule has 2 aromatic heterocycles. The van der Waals surface area contributed by atoms with Crippen LogP contribution < -0.4 is 18.9 Å². The van der Waals surface area contributed by atoms with E-state index in [0.29, 0.717) is 0 Å². The molecule has 3 rings (SSSR count). The minimum Gasteiger partial charge on any atom is -0.481 e. The molecule has 0 spiro atoms. The first-order chi connectivity index (χ1) is 14.6. The smallest absolute Gasteiger partial charge is 0.321 e. The fourth-order valence-corrected chi connectivity index (χ4v) is 5.00. The van der Waals surface area contributed by atoms with Crippen LogP contribution in [0.2, 0.25) is 0 Å². The summed E-state index contributed by atoms with van der Waals surface area (Å²) in [6.45, 7) is 2.98. The average molecular weight is 474 g/mol. The van der Waals surface area contributed by atoms with Gasteiger partial charge in [-0.3, -0.25) is 9.44 Å². The van der Waals surface area contributed by atoms with Crippen molar-refractivity contribution >= 4 is 31.6 Å². The summed E-state index contributed by atoms with van der Waals surface area (Å²) < 4.78 is 69.9. The highest BCUT2D eigenvalue weighted by molar-refractivity contribution is 7.93. The lowest BCUT2D eigenvalue weighted by molar-refractivity contribution is 0.353. The molecule has 0 aliphatic carbocycles. The molecule has 1 aromatic carbocycles. The summed E-state index contributed by atoms with van der Waals surface area (Å²) >= 11 is 0. The van der Waals surface area contributed by atoms with Crippen molar-refractivity contribution in [3.63, 3.8) is 0 Å². The number of benzene rings is 1. The summed E-state index contributed by atoms with van der Waals surface area (Å²) in [7, 11) is -5.30. The first kappa shape index (κ1) is 22.3. The van der Waals surface area contributed by atoms with Crippen molar-refractivity contribution in [2.45, 2.75) is 23.6 Å². The van der Waals surface area contributed by atoms with E-state index in [-0.39, 0.29) is 47.5 Å². The number of ether oxygens (including phenoxy) is 2. The van der Waals surface area contributed by atoms with Crippen molar-refractivity contribution in [2.24, 2.45) is 0 Å². The minimum absolute atomic E-state index is 0. The molecule has 0 fully saturated rings. The summed E-state index contributed by atoms with van der Waals surface area (Å²) in [6.07, 6.45) is 0. The quantitative estimate of drug-likeness (QED) is 0.496. The van der Waals surface area contributed by atoms with Crippen LogP contribution in [0.5, 0.6) is 11.9 Å². The average Bonchev–Trinajstić information content (AvgIpc) is 3.06. The Morgan fingerprint density at radius 2 is 1.61 bits per heavy atom. The number of nitrogens with one attached hydrogen (secondary N) is 2. The first-order valence-corrected chi connectivity index (χ1v) is 11.6. The molecular weight excluding hydrogens is 450 g/mol. The predicted molar refractivity (Wildman–Crippen MR) is 113 cm³/mol. The van der Waals surface area contributed by atoms with Crippen molar-refractivity contribution in [3.8, 4) is 11.9 Å². The van der Waals surface area contributed by atoms with Gasteiger partial charge in [0.1, 0.15) is 5.69 Å². The highest BCUT2D eigenvalue weighted by Gasteiger charge is 2.24. The maximum atomic E-state index is 12.7. The van der Waals surface area contributed by atoms with Crippen molar-refractivity contribution in [2.75, 3.05) is 23.7 Å². The van der Waals surface area contributed by atoms with Gasteiger partial charge in [-0.05, 0) is 38.1 Å². The largest absolute Gasteiger partial charge is 0.481 e. The van der Waals surface area contributed by atoms with Crippen molar-refractivity contribution < 1.29 is 33.7 Å². The Bertz CT molecular complexity index is 1270. The van der Waals surface area contributed by atoms with Crippen LogP contribution in [-0.2, 0) is 20.0 Å². The Kier molecular flexibility index (Phi) is 6.03. The van der Waals surface area contributed by atoms with Crippen LogP contribution in [0.3, 0.4) is 0 Å². The molecule has 0 aliphatic rings. The van der Waals surface area contributed by atoms with Gasteiger partial charge in [0.15, 0.2) is 16.5 Å². The third-order valence-corrected chi connectivity index (χ3v) is 6.96. The molecule has 2 heterocycles. The Hall–Kier alpha value is -3.39. The summed E-state index contributed by atoms with van der Waals surface area (Å²) in [5.74, 6) is 0.185. The van der Waals surface area contributed by atoms with E-state index in [0.717, 1.165) is 0 Å². The summed E-state index contributed by atoms with van der Waals surface area (Å²) in [5.41, 5.74) is 0.369. The molecule has 0 saturated heterocycles. The lowest BCUT2D eigenvalue weighted by Gasteiger charge is -2.11. The van der Waals surface area contributed by atoms with Gasteiger partial charge < -0.3 is 14.0 Å². The molecular formula is C17H23N5O7S2. The maximum absolute atomic E-state index is 12.7. The number of rotatable bonds is 8. The zero-order valence-electron chi connectivity index (χ0n) is 16.9. The summed E-state index contributed by atoms with van der Waals surface area (Å²) in [5, 5.41) is 3.63. The van der Waals surface area contributed by atoms with Crippen molar-refractivity contribution in [1.82, 2.24) is 15.1 Å². The number of methoxy groups -OCH3 is 2. The standard InChI is InChI=1S/C17H19N5O7S2.2H2/c1-10-16(11(2)29-20-10)31(25,26)21-12-5-7-13(8-6-12)30(23,24)22-14-9-15(27-3)19-17(18-14)28-4;;/h5-9,21H,1-4H3,(H,18,19,22);2*1H.